The second-order valence-electron chi connectivity index (χ2n) is 6.56. The van der Waals surface area contributed by atoms with E-state index in [0.29, 0.717) is 0 Å². The fourth-order valence-corrected chi connectivity index (χ4v) is 2.97. The van der Waals surface area contributed by atoms with E-state index in [1.165, 1.54) is 12.1 Å². The predicted octanol–water partition coefficient (Wildman–Crippen LogP) is 6.09. The first-order valence-electron chi connectivity index (χ1n) is 9.50. The van der Waals surface area contributed by atoms with E-state index >= 15 is 0 Å². The minimum atomic E-state index is -0.301. The Hall–Kier alpha value is -3.27. The van der Waals surface area contributed by atoms with Crippen molar-refractivity contribution in [2.75, 3.05) is 0 Å². The van der Waals surface area contributed by atoms with Crippen molar-refractivity contribution in [2.45, 2.75) is 6.92 Å². The molecule has 0 saturated carbocycles. The zero-order valence-electron chi connectivity index (χ0n) is 16.7. The molecule has 0 saturated heterocycles. The zero-order chi connectivity index (χ0) is 20.8. The Bertz CT molecular complexity index is 1210. The Balaban J connectivity index is 0.000000183. The number of nitrogens with zero attached hydrogens (tertiary/aromatic N) is 3. The molecule has 155 valence electrons. The van der Waals surface area contributed by atoms with Gasteiger partial charge in [-0.05, 0) is 30.8 Å². The number of aryl methyl sites for hydroxylation is 1. The second-order valence-corrected chi connectivity index (χ2v) is 6.56. The largest absolute Gasteiger partial charge is 0.305 e. The summed E-state index contributed by atoms with van der Waals surface area (Å²) in [4.78, 5) is 13.3. The van der Waals surface area contributed by atoms with Gasteiger partial charge in [-0.15, -0.1) is 65.7 Å². The number of aromatic nitrogens is 3. The third-order valence-corrected chi connectivity index (χ3v) is 4.42. The first-order valence-corrected chi connectivity index (χ1v) is 9.50. The maximum atomic E-state index is 12.9. The maximum absolute atomic E-state index is 12.9. The molecule has 2 heterocycles. The van der Waals surface area contributed by atoms with Crippen LogP contribution in [0.1, 0.15) is 5.69 Å². The summed E-state index contributed by atoms with van der Waals surface area (Å²) in [5.41, 5.74) is 6.02. The van der Waals surface area contributed by atoms with Crippen LogP contribution in [0.25, 0.3) is 33.5 Å². The molecule has 3 nitrogen and oxygen atoms in total. The average molecular weight is 584 g/mol. The quantitative estimate of drug-likeness (QED) is 0.236. The topological polar surface area (TPSA) is 38.7 Å². The van der Waals surface area contributed by atoms with Crippen molar-refractivity contribution in [3.8, 4) is 22.5 Å². The Morgan fingerprint density at radius 3 is 2.13 bits per heavy atom. The minimum Gasteiger partial charge on any atom is -0.305 e. The smallest absolute Gasteiger partial charge is 0.0870 e. The number of hydrogen-bond donors (Lipinski definition) is 0. The van der Waals surface area contributed by atoms with Crippen LogP contribution in [0.5, 0.6) is 0 Å². The van der Waals surface area contributed by atoms with E-state index in [9.17, 15) is 4.39 Å². The van der Waals surface area contributed by atoms with Gasteiger partial charge in [-0.25, -0.2) is 0 Å². The van der Waals surface area contributed by atoms with Crippen LogP contribution in [0.4, 0.5) is 4.39 Å². The standard InChI is InChI=1S/C15H10FN2.C11H8N.Ir/c1-10-15(11-6-8-12(16)9-7-11)18-14-5-3-2-4-13(14)17-10;1-2-6-10(7-3-1)11-8-4-5-9-12-11;/h2-6,8-9H,1H3;1-6,8-9H;/q2*-1;. The predicted molar refractivity (Wildman–Crippen MR) is 117 cm³/mol. The monoisotopic (exact) mass is 584 g/mol. The van der Waals surface area contributed by atoms with Crippen molar-refractivity contribution in [3.63, 3.8) is 0 Å². The molecule has 0 spiro atoms. The van der Waals surface area contributed by atoms with E-state index in [4.69, 9.17) is 0 Å². The third kappa shape index (κ3) is 5.66. The number of rotatable bonds is 2. The number of halogens is 1. The molecule has 0 atom stereocenters. The van der Waals surface area contributed by atoms with Crippen molar-refractivity contribution >= 4 is 11.0 Å². The molecular formula is C26H18FIrN3-2. The van der Waals surface area contributed by atoms with Gasteiger partial charge < -0.3 is 4.98 Å². The zero-order valence-corrected chi connectivity index (χ0v) is 19.1. The fourth-order valence-electron chi connectivity index (χ4n) is 2.97. The average Bonchev–Trinajstić information content (AvgIpc) is 2.81. The van der Waals surface area contributed by atoms with Crippen LogP contribution in [0.2, 0.25) is 0 Å². The number of fused-ring (bicyclic) bond motifs is 1. The van der Waals surface area contributed by atoms with Crippen LogP contribution in [0, 0.1) is 24.9 Å². The van der Waals surface area contributed by atoms with E-state index in [1.54, 1.807) is 12.3 Å². The molecule has 5 rings (SSSR count). The van der Waals surface area contributed by atoms with Crippen molar-refractivity contribution in [1.29, 1.82) is 0 Å². The van der Waals surface area contributed by atoms with E-state index in [2.05, 4.69) is 27.1 Å². The molecule has 3 aromatic carbocycles. The van der Waals surface area contributed by atoms with Crippen molar-refractivity contribution in [2.24, 2.45) is 0 Å². The summed E-state index contributed by atoms with van der Waals surface area (Å²) in [6, 6.07) is 31.8. The summed E-state index contributed by atoms with van der Waals surface area (Å²) in [6.07, 6.45) is 1.79. The molecule has 0 aliphatic carbocycles. The fraction of sp³-hybridized carbons (Fsp3) is 0.0385. The van der Waals surface area contributed by atoms with E-state index in [-0.39, 0.29) is 25.9 Å². The van der Waals surface area contributed by atoms with Crippen molar-refractivity contribution < 1.29 is 24.5 Å². The molecule has 0 amide bonds. The Morgan fingerprint density at radius 2 is 1.48 bits per heavy atom. The van der Waals surface area contributed by atoms with Gasteiger partial charge in [0.25, 0.3) is 0 Å². The number of pyridine rings is 1. The third-order valence-electron chi connectivity index (χ3n) is 4.42. The van der Waals surface area contributed by atoms with Crippen LogP contribution < -0.4 is 0 Å². The van der Waals surface area contributed by atoms with Gasteiger partial charge in [-0.3, -0.25) is 14.4 Å². The summed E-state index contributed by atoms with van der Waals surface area (Å²) in [5, 5.41) is 0. The van der Waals surface area contributed by atoms with Crippen LogP contribution in [0.3, 0.4) is 0 Å². The second kappa shape index (κ2) is 10.7. The summed E-state index contributed by atoms with van der Waals surface area (Å²) in [7, 11) is 0. The van der Waals surface area contributed by atoms with Gasteiger partial charge in [0.05, 0.1) is 11.0 Å². The van der Waals surface area contributed by atoms with Crippen molar-refractivity contribution in [3.05, 3.63) is 115 Å². The maximum Gasteiger partial charge on any atom is 0.0870 e. The van der Waals surface area contributed by atoms with Gasteiger partial charge in [-0.1, -0.05) is 24.3 Å². The van der Waals surface area contributed by atoms with Gasteiger partial charge in [-0.2, -0.15) is 0 Å². The van der Waals surface area contributed by atoms with Gasteiger partial charge in [0.1, 0.15) is 0 Å². The van der Waals surface area contributed by atoms with Gasteiger partial charge >= 0.3 is 0 Å². The molecule has 0 aliphatic rings. The van der Waals surface area contributed by atoms with Gasteiger partial charge in [0.15, 0.2) is 0 Å². The summed E-state index contributed by atoms with van der Waals surface area (Å²) >= 11 is 0. The SMILES string of the molecule is Cc1nc2ccccc2nc1-c1[c-]cc(F)cc1.[Ir].[c-]1ccccc1-c1ccccn1. The van der Waals surface area contributed by atoms with E-state index in [1.807, 2.05) is 73.7 Å². The molecule has 5 heteroatoms. The first-order chi connectivity index (χ1) is 14.7. The Kier molecular flexibility index (Phi) is 7.71. The summed E-state index contributed by atoms with van der Waals surface area (Å²) in [5.74, 6) is -0.301. The van der Waals surface area contributed by atoms with E-state index < -0.39 is 0 Å². The van der Waals surface area contributed by atoms with Crippen molar-refractivity contribution in [1.82, 2.24) is 15.0 Å². The van der Waals surface area contributed by atoms with Crippen LogP contribution in [0.15, 0.2) is 91.1 Å². The Labute approximate surface area is 194 Å². The summed E-state index contributed by atoms with van der Waals surface area (Å²) in [6.45, 7) is 1.89. The Morgan fingerprint density at radius 1 is 0.742 bits per heavy atom. The number of benzene rings is 3. The molecule has 31 heavy (non-hydrogen) atoms. The molecule has 1 radical (unpaired) electrons. The molecule has 0 aliphatic heterocycles. The number of hydrogen-bond acceptors (Lipinski definition) is 3. The van der Waals surface area contributed by atoms with Gasteiger partial charge in [0, 0.05) is 43.5 Å². The molecule has 0 N–H and O–H groups in total. The minimum absolute atomic E-state index is 0. The van der Waals surface area contributed by atoms with Crippen LogP contribution in [-0.2, 0) is 20.1 Å². The summed E-state index contributed by atoms with van der Waals surface area (Å²) < 4.78 is 12.9. The number of para-hydroxylation sites is 2. The normalized spacial score (nSPS) is 10.0. The van der Waals surface area contributed by atoms with Crippen LogP contribution in [-0.4, -0.2) is 15.0 Å². The molecule has 2 aromatic heterocycles. The molecule has 0 unspecified atom stereocenters. The van der Waals surface area contributed by atoms with E-state index in [0.717, 1.165) is 39.2 Å². The van der Waals surface area contributed by atoms with Gasteiger partial charge in [0.2, 0.25) is 0 Å². The molecule has 0 fully saturated rings. The first kappa shape index (κ1) is 22.4. The van der Waals surface area contributed by atoms with Crippen LogP contribution >= 0.6 is 0 Å². The molecule has 5 aromatic rings. The molecule has 0 bridgehead atoms. The molecular weight excluding hydrogens is 566 g/mol.